The third-order valence-corrected chi connectivity index (χ3v) is 1.93. The maximum absolute atomic E-state index is 11.5. The highest BCUT2D eigenvalue weighted by molar-refractivity contribution is 5.83. The maximum atomic E-state index is 11.5. The normalized spacial score (nSPS) is 9.60. The van der Waals surface area contributed by atoms with Crippen LogP contribution in [0.3, 0.4) is 0 Å². The van der Waals surface area contributed by atoms with Gasteiger partial charge >= 0.3 is 6.03 Å². The molecule has 0 aliphatic carbocycles. The number of hydrogen-bond acceptors (Lipinski definition) is 2. The molecule has 0 saturated heterocycles. The van der Waals surface area contributed by atoms with Crippen molar-refractivity contribution >= 4 is 11.9 Å². The van der Waals surface area contributed by atoms with Crippen molar-refractivity contribution in [2.75, 3.05) is 33.7 Å². The summed E-state index contributed by atoms with van der Waals surface area (Å²) >= 11 is 0. The quantitative estimate of drug-likeness (QED) is 0.726. The van der Waals surface area contributed by atoms with Gasteiger partial charge in [-0.1, -0.05) is 6.92 Å². The highest BCUT2D eigenvalue weighted by Crippen LogP contribution is 1.94. The predicted molar refractivity (Wildman–Crippen MR) is 59.6 cm³/mol. The number of likely N-dealkylation sites (N-methyl/N-ethyl adjacent to an activating group) is 1. The minimum atomic E-state index is -0.172. The lowest BCUT2D eigenvalue weighted by Crippen LogP contribution is -2.45. The van der Waals surface area contributed by atoms with Gasteiger partial charge in [0.2, 0.25) is 5.91 Å². The SMILES string of the molecule is CCCN(CC(=O)N(C)C)C(=O)NCC. The van der Waals surface area contributed by atoms with Gasteiger partial charge in [0.25, 0.3) is 0 Å². The number of rotatable bonds is 5. The summed E-state index contributed by atoms with van der Waals surface area (Å²) in [6.45, 7) is 5.16. The fourth-order valence-corrected chi connectivity index (χ4v) is 1.09. The Kier molecular flexibility index (Phi) is 6.49. The van der Waals surface area contributed by atoms with E-state index in [9.17, 15) is 9.59 Å². The topological polar surface area (TPSA) is 52.7 Å². The third-order valence-electron chi connectivity index (χ3n) is 1.93. The van der Waals surface area contributed by atoms with Gasteiger partial charge in [-0.25, -0.2) is 4.79 Å². The molecule has 0 atom stereocenters. The molecule has 0 aromatic heterocycles. The summed E-state index contributed by atoms with van der Waals surface area (Å²) in [5, 5.41) is 2.69. The standard InChI is InChI=1S/C10H21N3O2/c1-5-7-13(10(15)11-6-2)8-9(14)12(3)4/h5-8H2,1-4H3,(H,11,15). The Morgan fingerprint density at radius 2 is 1.80 bits per heavy atom. The Balaban J connectivity index is 4.26. The first-order chi connectivity index (χ1) is 7.02. The predicted octanol–water partition coefficient (Wildman–Crippen LogP) is 0.516. The van der Waals surface area contributed by atoms with Crippen LogP contribution in [0.2, 0.25) is 0 Å². The van der Waals surface area contributed by atoms with Crippen LogP contribution in [0, 0.1) is 0 Å². The Hall–Kier alpha value is -1.26. The zero-order valence-electron chi connectivity index (χ0n) is 10.0. The van der Waals surface area contributed by atoms with Crippen molar-refractivity contribution in [3.05, 3.63) is 0 Å². The second kappa shape index (κ2) is 7.09. The van der Waals surface area contributed by atoms with Gasteiger partial charge in [-0.05, 0) is 13.3 Å². The Morgan fingerprint density at radius 3 is 2.20 bits per heavy atom. The zero-order chi connectivity index (χ0) is 11.8. The summed E-state index contributed by atoms with van der Waals surface area (Å²) in [5.41, 5.74) is 0. The van der Waals surface area contributed by atoms with Gasteiger partial charge in [0.1, 0.15) is 6.54 Å². The Morgan fingerprint density at radius 1 is 1.20 bits per heavy atom. The highest BCUT2D eigenvalue weighted by atomic mass is 16.2. The van der Waals surface area contributed by atoms with E-state index in [1.54, 1.807) is 14.1 Å². The molecule has 0 saturated carbocycles. The van der Waals surface area contributed by atoms with Crippen molar-refractivity contribution in [3.8, 4) is 0 Å². The van der Waals surface area contributed by atoms with Crippen molar-refractivity contribution in [1.82, 2.24) is 15.1 Å². The minimum Gasteiger partial charge on any atom is -0.347 e. The largest absolute Gasteiger partial charge is 0.347 e. The average molecular weight is 215 g/mol. The van der Waals surface area contributed by atoms with Crippen LogP contribution in [0.15, 0.2) is 0 Å². The molecular formula is C10H21N3O2. The van der Waals surface area contributed by atoms with Crippen LogP contribution in [0.1, 0.15) is 20.3 Å². The number of amides is 3. The van der Waals surface area contributed by atoms with E-state index in [0.29, 0.717) is 13.1 Å². The van der Waals surface area contributed by atoms with E-state index in [0.717, 1.165) is 6.42 Å². The second-order valence-corrected chi connectivity index (χ2v) is 3.55. The average Bonchev–Trinajstić information content (AvgIpc) is 2.17. The highest BCUT2D eigenvalue weighted by Gasteiger charge is 2.16. The van der Waals surface area contributed by atoms with Gasteiger partial charge < -0.3 is 15.1 Å². The first kappa shape index (κ1) is 13.7. The van der Waals surface area contributed by atoms with Crippen LogP contribution < -0.4 is 5.32 Å². The van der Waals surface area contributed by atoms with Crippen LogP contribution in [0.4, 0.5) is 4.79 Å². The smallest absolute Gasteiger partial charge is 0.317 e. The summed E-state index contributed by atoms with van der Waals surface area (Å²) in [7, 11) is 3.37. The van der Waals surface area contributed by atoms with E-state index < -0.39 is 0 Å². The zero-order valence-corrected chi connectivity index (χ0v) is 10.0. The molecule has 88 valence electrons. The number of urea groups is 1. The summed E-state index contributed by atoms with van der Waals surface area (Å²) in [6.07, 6.45) is 0.845. The third kappa shape index (κ3) is 5.24. The minimum absolute atomic E-state index is 0.0605. The van der Waals surface area contributed by atoms with E-state index in [2.05, 4.69) is 5.32 Å². The molecule has 15 heavy (non-hydrogen) atoms. The van der Waals surface area contributed by atoms with Gasteiger partial charge in [0.05, 0.1) is 0 Å². The molecular weight excluding hydrogens is 194 g/mol. The van der Waals surface area contributed by atoms with Crippen LogP contribution in [0.25, 0.3) is 0 Å². The van der Waals surface area contributed by atoms with Crippen LogP contribution in [0.5, 0.6) is 0 Å². The summed E-state index contributed by atoms with van der Waals surface area (Å²) < 4.78 is 0. The first-order valence-electron chi connectivity index (χ1n) is 5.25. The van der Waals surface area contributed by atoms with Gasteiger partial charge in [-0.15, -0.1) is 0 Å². The second-order valence-electron chi connectivity index (χ2n) is 3.55. The van der Waals surface area contributed by atoms with E-state index in [4.69, 9.17) is 0 Å². The van der Waals surface area contributed by atoms with Crippen molar-refractivity contribution in [2.45, 2.75) is 20.3 Å². The fraction of sp³-hybridized carbons (Fsp3) is 0.800. The van der Waals surface area contributed by atoms with Crippen LogP contribution in [-0.4, -0.2) is 55.5 Å². The number of carbonyl (C=O) groups excluding carboxylic acids is 2. The van der Waals surface area contributed by atoms with Crippen molar-refractivity contribution in [1.29, 1.82) is 0 Å². The number of nitrogens with zero attached hydrogens (tertiary/aromatic N) is 2. The molecule has 0 aliphatic heterocycles. The summed E-state index contributed by atoms with van der Waals surface area (Å²) in [4.78, 5) is 26.0. The summed E-state index contributed by atoms with van der Waals surface area (Å²) in [5.74, 6) is -0.0605. The molecule has 0 unspecified atom stereocenters. The molecule has 0 spiro atoms. The van der Waals surface area contributed by atoms with Gasteiger partial charge in [0.15, 0.2) is 0 Å². The molecule has 0 aromatic carbocycles. The van der Waals surface area contributed by atoms with Gasteiger partial charge in [-0.3, -0.25) is 4.79 Å². The fourth-order valence-electron chi connectivity index (χ4n) is 1.09. The molecule has 1 N–H and O–H groups in total. The van der Waals surface area contributed by atoms with E-state index in [1.807, 2.05) is 13.8 Å². The lowest BCUT2D eigenvalue weighted by molar-refractivity contribution is -0.129. The van der Waals surface area contributed by atoms with Crippen molar-refractivity contribution in [3.63, 3.8) is 0 Å². The van der Waals surface area contributed by atoms with Crippen molar-refractivity contribution < 1.29 is 9.59 Å². The molecule has 0 heterocycles. The van der Waals surface area contributed by atoms with Crippen LogP contribution >= 0.6 is 0 Å². The molecule has 5 heteroatoms. The summed E-state index contributed by atoms with van der Waals surface area (Å²) in [6, 6.07) is -0.172. The number of carbonyl (C=O) groups is 2. The molecule has 0 bridgehead atoms. The molecule has 0 aliphatic rings. The van der Waals surface area contributed by atoms with Crippen molar-refractivity contribution in [2.24, 2.45) is 0 Å². The number of nitrogens with one attached hydrogen (secondary N) is 1. The molecule has 0 aromatic rings. The molecule has 0 fully saturated rings. The van der Waals surface area contributed by atoms with Gasteiger partial charge in [-0.2, -0.15) is 0 Å². The number of hydrogen-bond donors (Lipinski definition) is 1. The van der Waals surface area contributed by atoms with E-state index >= 15 is 0 Å². The molecule has 3 amide bonds. The lowest BCUT2D eigenvalue weighted by Gasteiger charge is -2.23. The Labute approximate surface area is 91.4 Å². The van der Waals surface area contributed by atoms with E-state index in [-0.39, 0.29) is 18.5 Å². The Bertz CT molecular complexity index is 217. The molecule has 0 radical (unpaired) electrons. The monoisotopic (exact) mass is 215 g/mol. The van der Waals surface area contributed by atoms with Gasteiger partial charge in [0, 0.05) is 27.2 Å². The van der Waals surface area contributed by atoms with E-state index in [1.165, 1.54) is 9.80 Å². The first-order valence-corrected chi connectivity index (χ1v) is 5.25. The maximum Gasteiger partial charge on any atom is 0.317 e. The molecule has 0 rings (SSSR count). The molecule has 5 nitrogen and oxygen atoms in total. The van der Waals surface area contributed by atoms with Crippen LogP contribution in [-0.2, 0) is 4.79 Å². The lowest BCUT2D eigenvalue weighted by atomic mass is 10.4.